The van der Waals surface area contributed by atoms with Crippen LogP contribution in [0, 0.1) is 5.92 Å². The highest BCUT2D eigenvalue weighted by Gasteiger charge is 2.33. The molecular weight excluding hydrogens is 308 g/mol. The first-order valence-corrected chi connectivity index (χ1v) is 9.22. The first-order valence-electron chi connectivity index (χ1n) is 7.40. The molecule has 0 spiro atoms. The van der Waals surface area contributed by atoms with Crippen LogP contribution in [0.5, 0.6) is 0 Å². The maximum Gasteiger partial charge on any atom is 0.408 e. The van der Waals surface area contributed by atoms with Gasteiger partial charge in [-0.1, -0.05) is 13.8 Å². The second-order valence-corrected chi connectivity index (χ2v) is 9.21. The van der Waals surface area contributed by atoms with E-state index in [1.54, 1.807) is 34.6 Å². The van der Waals surface area contributed by atoms with E-state index in [0.29, 0.717) is 6.42 Å². The van der Waals surface area contributed by atoms with Gasteiger partial charge in [0.2, 0.25) is 5.91 Å². The lowest BCUT2D eigenvalue weighted by atomic mass is 10.0. The molecule has 7 nitrogen and oxygen atoms in total. The van der Waals surface area contributed by atoms with Crippen molar-refractivity contribution in [1.82, 2.24) is 10.6 Å². The van der Waals surface area contributed by atoms with Gasteiger partial charge in [-0.15, -0.1) is 0 Å². The molecule has 1 saturated heterocycles. The first kappa shape index (κ1) is 18.7. The molecule has 1 aliphatic heterocycles. The standard InChI is InChI=1S/C14H26N2O5S/c1-9(2)11(16-13(18)21-14(3,4)5)12(17)15-10-6-7-22(19,20)8-10/h9-11H,6-8H2,1-5H3,(H,15,17)(H,16,18). The molecule has 0 aromatic rings. The van der Waals surface area contributed by atoms with E-state index in [1.807, 2.05) is 0 Å². The summed E-state index contributed by atoms with van der Waals surface area (Å²) in [7, 11) is -3.06. The Bertz CT molecular complexity index is 522. The number of amides is 2. The van der Waals surface area contributed by atoms with Gasteiger partial charge in [0.25, 0.3) is 0 Å². The van der Waals surface area contributed by atoms with E-state index in [4.69, 9.17) is 4.74 Å². The lowest BCUT2D eigenvalue weighted by molar-refractivity contribution is -0.124. The molecule has 0 aromatic carbocycles. The molecule has 0 radical (unpaired) electrons. The zero-order chi connectivity index (χ0) is 17.1. The van der Waals surface area contributed by atoms with Crippen LogP contribution in [-0.4, -0.2) is 49.6 Å². The third-order valence-corrected chi connectivity index (χ3v) is 4.97. The predicted octanol–water partition coefficient (Wildman–Crippen LogP) is 0.839. The van der Waals surface area contributed by atoms with Crippen molar-refractivity contribution in [3.8, 4) is 0 Å². The van der Waals surface area contributed by atoms with Gasteiger partial charge in [0, 0.05) is 6.04 Å². The van der Waals surface area contributed by atoms with Crippen molar-refractivity contribution in [2.24, 2.45) is 5.92 Å². The van der Waals surface area contributed by atoms with E-state index in [0.717, 1.165) is 0 Å². The zero-order valence-corrected chi connectivity index (χ0v) is 14.6. The fourth-order valence-electron chi connectivity index (χ4n) is 2.17. The minimum Gasteiger partial charge on any atom is -0.444 e. The van der Waals surface area contributed by atoms with Crippen LogP contribution < -0.4 is 10.6 Å². The van der Waals surface area contributed by atoms with Crippen molar-refractivity contribution in [1.29, 1.82) is 0 Å². The van der Waals surface area contributed by atoms with Crippen molar-refractivity contribution in [3.05, 3.63) is 0 Å². The molecule has 8 heteroatoms. The largest absolute Gasteiger partial charge is 0.444 e. The summed E-state index contributed by atoms with van der Waals surface area (Å²) in [5, 5.41) is 5.24. The summed E-state index contributed by atoms with van der Waals surface area (Å²) in [6.07, 6.45) is -0.258. The van der Waals surface area contributed by atoms with Gasteiger partial charge in [-0.2, -0.15) is 0 Å². The van der Waals surface area contributed by atoms with Gasteiger partial charge in [-0.3, -0.25) is 4.79 Å². The van der Waals surface area contributed by atoms with E-state index in [9.17, 15) is 18.0 Å². The van der Waals surface area contributed by atoms with Gasteiger partial charge in [-0.25, -0.2) is 13.2 Å². The van der Waals surface area contributed by atoms with Gasteiger partial charge >= 0.3 is 6.09 Å². The number of hydrogen-bond acceptors (Lipinski definition) is 5. The monoisotopic (exact) mass is 334 g/mol. The first-order chi connectivity index (χ1) is 9.89. The van der Waals surface area contributed by atoms with Gasteiger partial charge in [-0.05, 0) is 33.1 Å². The quantitative estimate of drug-likeness (QED) is 0.793. The highest BCUT2D eigenvalue weighted by atomic mass is 32.2. The number of rotatable bonds is 4. The van der Waals surface area contributed by atoms with Crippen molar-refractivity contribution < 1.29 is 22.7 Å². The topological polar surface area (TPSA) is 102 Å². The van der Waals surface area contributed by atoms with Crippen LogP contribution in [0.3, 0.4) is 0 Å². The molecule has 0 aromatic heterocycles. The fourth-order valence-corrected chi connectivity index (χ4v) is 3.84. The summed E-state index contributed by atoms with van der Waals surface area (Å²) in [5.41, 5.74) is -0.651. The maximum atomic E-state index is 12.3. The summed E-state index contributed by atoms with van der Waals surface area (Å²) < 4.78 is 28.0. The summed E-state index contributed by atoms with van der Waals surface area (Å²) in [5.74, 6) is -0.492. The SMILES string of the molecule is CC(C)C(NC(=O)OC(C)(C)C)C(=O)NC1CCS(=O)(=O)C1. The lowest BCUT2D eigenvalue weighted by Crippen LogP contribution is -2.53. The number of carbonyl (C=O) groups is 2. The molecule has 0 aliphatic carbocycles. The Morgan fingerprint density at radius 1 is 1.23 bits per heavy atom. The van der Waals surface area contributed by atoms with Gasteiger partial charge < -0.3 is 15.4 Å². The molecule has 2 atom stereocenters. The Kier molecular flexibility index (Phi) is 5.83. The van der Waals surface area contributed by atoms with Crippen LogP contribution >= 0.6 is 0 Å². The minimum absolute atomic E-state index is 0.0456. The van der Waals surface area contributed by atoms with Gasteiger partial charge in [0.1, 0.15) is 11.6 Å². The zero-order valence-electron chi connectivity index (χ0n) is 13.8. The Balaban J connectivity index is 2.63. The molecule has 0 bridgehead atoms. The van der Waals surface area contributed by atoms with Crippen LogP contribution in [0.4, 0.5) is 4.79 Å². The molecule has 1 fully saturated rings. The van der Waals surface area contributed by atoms with Crippen LogP contribution in [-0.2, 0) is 19.4 Å². The van der Waals surface area contributed by atoms with Gasteiger partial charge in [0.05, 0.1) is 11.5 Å². The van der Waals surface area contributed by atoms with Crippen molar-refractivity contribution in [3.63, 3.8) is 0 Å². The second kappa shape index (κ2) is 6.85. The van der Waals surface area contributed by atoms with Crippen LogP contribution in [0.1, 0.15) is 41.0 Å². The minimum atomic E-state index is -3.06. The Hall–Kier alpha value is -1.31. The molecule has 1 aliphatic rings. The Labute approximate surface area is 132 Å². The average Bonchev–Trinajstić information content (AvgIpc) is 2.62. The highest BCUT2D eigenvalue weighted by molar-refractivity contribution is 7.91. The van der Waals surface area contributed by atoms with Crippen molar-refractivity contribution in [2.75, 3.05) is 11.5 Å². The lowest BCUT2D eigenvalue weighted by Gasteiger charge is -2.26. The molecular formula is C14H26N2O5S. The summed E-state index contributed by atoms with van der Waals surface area (Å²) in [6.45, 7) is 8.81. The van der Waals surface area contributed by atoms with E-state index >= 15 is 0 Å². The Morgan fingerprint density at radius 2 is 1.82 bits per heavy atom. The highest BCUT2D eigenvalue weighted by Crippen LogP contribution is 2.13. The van der Waals surface area contributed by atoms with E-state index in [-0.39, 0.29) is 29.4 Å². The molecule has 1 rings (SSSR count). The van der Waals surface area contributed by atoms with Crippen LogP contribution in [0.2, 0.25) is 0 Å². The Morgan fingerprint density at radius 3 is 2.23 bits per heavy atom. The van der Waals surface area contributed by atoms with E-state index < -0.39 is 27.6 Å². The van der Waals surface area contributed by atoms with Crippen molar-refractivity contribution >= 4 is 21.8 Å². The molecule has 1 heterocycles. The predicted molar refractivity (Wildman–Crippen MR) is 83.2 cm³/mol. The normalized spacial score (nSPS) is 22.2. The summed E-state index contributed by atoms with van der Waals surface area (Å²) in [6, 6.07) is -1.16. The smallest absolute Gasteiger partial charge is 0.408 e. The fraction of sp³-hybridized carbons (Fsp3) is 0.857. The summed E-state index contributed by atoms with van der Waals surface area (Å²) >= 11 is 0. The molecule has 128 valence electrons. The number of sulfone groups is 1. The molecule has 2 amide bonds. The van der Waals surface area contributed by atoms with Crippen LogP contribution in [0.15, 0.2) is 0 Å². The number of nitrogens with one attached hydrogen (secondary N) is 2. The van der Waals surface area contributed by atoms with Crippen molar-refractivity contribution in [2.45, 2.75) is 58.7 Å². The second-order valence-electron chi connectivity index (χ2n) is 6.98. The summed E-state index contributed by atoms with van der Waals surface area (Å²) in [4.78, 5) is 24.1. The van der Waals surface area contributed by atoms with E-state index in [2.05, 4.69) is 10.6 Å². The molecule has 22 heavy (non-hydrogen) atoms. The van der Waals surface area contributed by atoms with Gasteiger partial charge in [0.15, 0.2) is 9.84 Å². The number of hydrogen-bond donors (Lipinski definition) is 2. The maximum absolute atomic E-state index is 12.3. The third kappa shape index (κ3) is 6.21. The number of carbonyl (C=O) groups excluding carboxylic acids is 2. The van der Waals surface area contributed by atoms with E-state index in [1.165, 1.54) is 0 Å². The third-order valence-electron chi connectivity index (χ3n) is 3.20. The molecule has 0 saturated carbocycles. The molecule has 2 N–H and O–H groups in total. The number of ether oxygens (including phenoxy) is 1. The van der Waals surface area contributed by atoms with Crippen LogP contribution in [0.25, 0.3) is 0 Å². The number of alkyl carbamates (subject to hydrolysis) is 1. The molecule has 2 unspecified atom stereocenters. The average molecular weight is 334 g/mol.